The van der Waals surface area contributed by atoms with Crippen molar-refractivity contribution in [3.8, 4) is 0 Å². The second kappa shape index (κ2) is 4.59. The molecule has 1 fully saturated rings. The number of aliphatic hydroxyl groups is 1. The summed E-state index contributed by atoms with van der Waals surface area (Å²) in [7, 11) is 0. The van der Waals surface area contributed by atoms with Crippen LogP contribution in [0.2, 0.25) is 0 Å². The fraction of sp³-hybridized carbons (Fsp3) is 0.357. The zero-order valence-corrected chi connectivity index (χ0v) is 10.6. The molecule has 4 N–H and O–H groups in total. The van der Waals surface area contributed by atoms with Gasteiger partial charge in [0.15, 0.2) is 0 Å². The molecule has 1 saturated heterocycles. The van der Waals surface area contributed by atoms with Crippen molar-refractivity contribution in [1.82, 2.24) is 4.98 Å². The Hall–Kier alpha value is -2.01. The van der Waals surface area contributed by atoms with Gasteiger partial charge in [-0.05, 0) is 18.9 Å². The fourth-order valence-electron chi connectivity index (χ4n) is 2.66. The van der Waals surface area contributed by atoms with Crippen molar-refractivity contribution in [2.45, 2.75) is 18.9 Å². The maximum atomic E-state index is 12.2. The molecule has 19 heavy (non-hydrogen) atoms. The van der Waals surface area contributed by atoms with Gasteiger partial charge in [0, 0.05) is 18.5 Å². The zero-order valence-electron chi connectivity index (χ0n) is 10.6. The largest absolute Gasteiger partial charge is 0.396 e. The quantitative estimate of drug-likeness (QED) is 0.715. The molecule has 1 aliphatic rings. The number of fused-ring (bicyclic) bond motifs is 1. The summed E-state index contributed by atoms with van der Waals surface area (Å²) in [6.07, 6.45) is 1.08. The minimum atomic E-state index is -0.267. The topological polar surface area (TPSA) is 82.3 Å². The zero-order chi connectivity index (χ0) is 13.4. The number of nitrogens with one attached hydrogen (secondary N) is 1. The van der Waals surface area contributed by atoms with Gasteiger partial charge < -0.3 is 20.7 Å². The highest BCUT2D eigenvalue weighted by Gasteiger charge is 2.22. The number of hydrogen-bond acceptors (Lipinski definition) is 4. The van der Waals surface area contributed by atoms with E-state index in [-0.39, 0.29) is 11.7 Å². The second-order valence-electron chi connectivity index (χ2n) is 4.98. The highest BCUT2D eigenvalue weighted by Crippen LogP contribution is 2.28. The highest BCUT2D eigenvalue weighted by molar-refractivity contribution is 5.96. The molecule has 0 radical (unpaired) electrons. The lowest BCUT2D eigenvalue weighted by Gasteiger charge is -2.31. The first-order valence-corrected chi connectivity index (χ1v) is 6.50. The molecule has 2 heterocycles. The summed E-state index contributed by atoms with van der Waals surface area (Å²) in [5.41, 5.74) is 7.81. The van der Waals surface area contributed by atoms with Crippen molar-refractivity contribution in [3.63, 3.8) is 0 Å². The van der Waals surface area contributed by atoms with Gasteiger partial charge in [0.05, 0.1) is 17.3 Å². The van der Waals surface area contributed by atoms with Crippen LogP contribution in [0.3, 0.4) is 0 Å². The Morgan fingerprint density at radius 3 is 2.68 bits per heavy atom. The van der Waals surface area contributed by atoms with Crippen LogP contribution in [-0.4, -0.2) is 29.3 Å². The standard InChI is InChI=1S/C14H17N3O2/c15-12-10-3-1-2-4-11(10)16-14(19)13(12)17-7-5-9(18)6-8-17/h1-4,9,18H,5-8H2,(H3,15,16,19). The summed E-state index contributed by atoms with van der Waals surface area (Å²) in [5, 5.41) is 10.4. The third kappa shape index (κ3) is 2.06. The lowest BCUT2D eigenvalue weighted by atomic mass is 10.1. The van der Waals surface area contributed by atoms with Crippen molar-refractivity contribution in [1.29, 1.82) is 0 Å². The van der Waals surface area contributed by atoms with Crippen LogP contribution in [0.5, 0.6) is 0 Å². The number of nitrogen functional groups attached to an aromatic ring is 1. The van der Waals surface area contributed by atoms with E-state index in [9.17, 15) is 9.90 Å². The van der Waals surface area contributed by atoms with Gasteiger partial charge in [0.2, 0.25) is 0 Å². The molecule has 0 aliphatic carbocycles. The van der Waals surface area contributed by atoms with Crippen LogP contribution in [0, 0.1) is 0 Å². The maximum absolute atomic E-state index is 12.2. The fourth-order valence-corrected chi connectivity index (χ4v) is 2.66. The lowest BCUT2D eigenvalue weighted by molar-refractivity contribution is 0.145. The molecule has 1 aromatic heterocycles. The van der Waals surface area contributed by atoms with Crippen molar-refractivity contribution >= 4 is 22.3 Å². The second-order valence-corrected chi connectivity index (χ2v) is 4.98. The van der Waals surface area contributed by atoms with Gasteiger partial charge in [0.1, 0.15) is 5.69 Å². The average molecular weight is 259 g/mol. The molecule has 0 amide bonds. The number of hydrogen-bond donors (Lipinski definition) is 3. The van der Waals surface area contributed by atoms with Crippen LogP contribution in [-0.2, 0) is 0 Å². The number of nitrogens with zero attached hydrogens (tertiary/aromatic N) is 1. The molecule has 5 heteroatoms. The summed E-state index contributed by atoms with van der Waals surface area (Å²) in [4.78, 5) is 17.0. The van der Waals surface area contributed by atoms with Gasteiger partial charge in [-0.1, -0.05) is 18.2 Å². The van der Waals surface area contributed by atoms with Gasteiger partial charge in [-0.25, -0.2) is 0 Å². The number of pyridine rings is 1. The Bertz CT molecular complexity index is 657. The van der Waals surface area contributed by atoms with E-state index in [0.29, 0.717) is 37.3 Å². The van der Waals surface area contributed by atoms with E-state index in [4.69, 9.17) is 5.73 Å². The van der Waals surface area contributed by atoms with Crippen LogP contribution in [0.4, 0.5) is 11.4 Å². The summed E-state index contributed by atoms with van der Waals surface area (Å²) in [5.74, 6) is 0. The number of anilines is 2. The molecule has 0 saturated carbocycles. The minimum Gasteiger partial charge on any atom is -0.396 e. The van der Waals surface area contributed by atoms with E-state index >= 15 is 0 Å². The van der Waals surface area contributed by atoms with E-state index in [1.807, 2.05) is 29.2 Å². The number of para-hydroxylation sites is 1. The van der Waals surface area contributed by atoms with E-state index in [0.717, 1.165) is 10.9 Å². The Labute approximate surface area is 110 Å². The molecule has 1 aromatic carbocycles. The van der Waals surface area contributed by atoms with Crippen LogP contribution < -0.4 is 16.2 Å². The van der Waals surface area contributed by atoms with Crippen molar-refractivity contribution in [2.24, 2.45) is 0 Å². The Morgan fingerprint density at radius 2 is 1.95 bits per heavy atom. The van der Waals surface area contributed by atoms with E-state index < -0.39 is 0 Å². The van der Waals surface area contributed by atoms with E-state index in [1.54, 1.807) is 0 Å². The van der Waals surface area contributed by atoms with Gasteiger partial charge in [0.25, 0.3) is 5.56 Å². The predicted octanol–water partition coefficient (Wildman–Crippen LogP) is 1.07. The summed E-state index contributed by atoms with van der Waals surface area (Å²) < 4.78 is 0. The number of aromatic amines is 1. The Morgan fingerprint density at radius 1 is 1.26 bits per heavy atom. The lowest BCUT2D eigenvalue weighted by Crippen LogP contribution is -2.39. The van der Waals surface area contributed by atoms with E-state index in [1.165, 1.54) is 0 Å². The molecule has 5 nitrogen and oxygen atoms in total. The van der Waals surface area contributed by atoms with Gasteiger partial charge in [-0.2, -0.15) is 0 Å². The average Bonchev–Trinajstić information content (AvgIpc) is 2.41. The molecular formula is C14H17N3O2. The SMILES string of the molecule is Nc1c(N2CCC(O)CC2)c(=O)[nH]c2ccccc12. The molecule has 1 aliphatic heterocycles. The van der Waals surface area contributed by atoms with Gasteiger partial charge in [-0.15, -0.1) is 0 Å². The summed E-state index contributed by atoms with van der Waals surface area (Å²) >= 11 is 0. The maximum Gasteiger partial charge on any atom is 0.274 e. The molecule has 2 aromatic rings. The van der Waals surface area contributed by atoms with Crippen LogP contribution in [0.15, 0.2) is 29.1 Å². The first kappa shape index (κ1) is 12.0. The number of H-pyrrole nitrogens is 1. The first-order valence-electron chi connectivity index (χ1n) is 6.50. The first-order chi connectivity index (χ1) is 9.16. The monoisotopic (exact) mass is 259 g/mol. The third-order valence-electron chi connectivity index (χ3n) is 3.72. The number of aliphatic hydroxyl groups excluding tert-OH is 1. The molecule has 0 atom stereocenters. The predicted molar refractivity (Wildman–Crippen MR) is 76.4 cm³/mol. The number of benzene rings is 1. The molecule has 0 bridgehead atoms. The number of piperidine rings is 1. The normalized spacial score (nSPS) is 17.0. The minimum absolute atomic E-state index is 0.160. The van der Waals surface area contributed by atoms with Gasteiger partial charge in [-0.3, -0.25) is 4.79 Å². The number of nitrogens with two attached hydrogens (primary N) is 1. The number of rotatable bonds is 1. The highest BCUT2D eigenvalue weighted by atomic mass is 16.3. The molecule has 100 valence electrons. The van der Waals surface area contributed by atoms with Crippen LogP contribution >= 0.6 is 0 Å². The summed E-state index contributed by atoms with van der Waals surface area (Å²) in [6.45, 7) is 1.32. The molecular weight excluding hydrogens is 242 g/mol. The third-order valence-corrected chi connectivity index (χ3v) is 3.72. The Kier molecular flexibility index (Phi) is 2.91. The van der Waals surface area contributed by atoms with Crippen LogP contribution in [0.25, 0.3) is 10.9 Å². The summed E-state index contributed by atoms with van der Waals surface area (Å²) in [6, 6.07) is 7.52. The Balaban J connectivity index is 2.11. The van der Waals surface area contributed by atoms with Crippen molar-refractivity contribution in [3.05, 3.63) is 34.6 Å². The van der Waals surface area contributed by atoms with Crippen molar-refractivity contribution < 1.29 is 5.11 Å². The molecule has 0 unspecified atom stereocenters. The smallest absolute Gasteiger partial charge is 0.274 e. The molecule has 0 spiro atoms. The molecule has 3 rings (SSSR count). The number of aromatic nitrogens is 1. The van der Waals surface area contributed by atoms with Crippen molar-refractivity contribution in [2.75, 3.05) is 23.7 Å². The van der Waals surface area contributed by atoms with E-state index in [2.05, 4.69) is 4.98 Å². The van der Waals surface area contributed by atoms with Gasteiger partial charge >= 0.3 is 0 Å². The van der Waals surface area contributed by atoms with Crippen LogP contribution in [0.1, 0.15) is 12.8 Å².